The summed E-state index contributed by atoms with van der Waals surface area (Å²) in [5.74, 6) is 0.575. The van der Waals surface area contributed by atoms with E-state index in [1.54, 1.807) is 0 Å². The first-order chi connectivity index (χ1) is 13.8. The van der Waals surface area contributed by atoms with Crippen LogP contribution in [-0.4, -0.2) is 33.4 Å². The zero-order chi connectivity index (χ0) is 20.4. The second-order valence-corrected chi connectivity index (χ2v) is 18.2. The number of ketones is 1. The molecule has 1 heterocycles. The van der Waals surface area contributed by atoms with Crippen molar-refractivity contribution >= 4 is 44.2 Å². The third-order valence-corrected chi connectivity index (χ3v) is 14.0. The van der Waals surface area contributed by atoms with Gasteiger partial charge in [-0.1, -0.05) is 0 Å². The van der Waals surface area contributed by atoms with Gasteiger partial charge in [-0.05, 0) is 0 Å². The van der Waals surface area contributed by atoms with Crippen molar-refractivity contribution in [3.05, 3.63) is 65.9 Å². The molecule has 3 aromatic rings. The number of aryl methyl sites for hydroxylation is 1. The molecule has 0 saturated heterocycles. The normalized spacial score (nSPS) is 26.6. The Balaban J connectivity index is 1.85. The Morgan fingerprint density at radius 2 is 1.76 bits per heavy atom. The first-order valence-electron chi connectivity index (χ1n) is 10.6. The van der Waals surface area contributed by atoms with Gasteiger partial charge in [0.05, 0.1) is 0 Å². The van der Waals surface area contributed by atoms with Gasteiger partial charge in [0.15, 0.2) is 0 Å². The van der Waals surface area contributed by atoms with Crippen molar-refractivity contribution in [2.75, 3.05) is 0 Å². The number of fused-ring (bicyclic) bond motifs is 3. The Morgan fingerprint density at radius 1 is 1.00 bits per heavy atom. The fourth-order valence-corrected chi connectivity index (χ4v) is 11.7. The van der Waals surface area contributed by atoms with E-state index in [9.17, 15) is 4.79 Å². The SMILES string of the molecule is Cn1cc2c3c(cccc31)[C@]1([Se]c3ccccc3)CCC[C@]([Si](C)(C)C)(C2)C1=O. The molecule has 0 N–H and O–H groups in total. The van der Waals surface area contributed by atoms with Crippen LogP contribution in [0, 0.1) is 0 Å². The van der Waals surface area contributed by atoms with Crippen LogP contribution in [0.5, 0.6) is 0 Å². The number of hydrogen-bond acceptors (Lipinski definition) is 1. The van der Waals surface area contributed by atoms with Crippen molar-refractivity contribution in [3.63, 3.8) is 0 Å². The first-order valence-corrected chi connectivity index (χ1v) is 15.9. The third kappa shape index (κ3) is 2.62. The van der Waals surface area contributed by atoms with Crippen LogP contribution in [0.25, 0.3) is 10.9 Å². The van der Waals surface area contributed by atoms with E-state index in [2.05, 4.69) is 86.0 Å². The average Bonchev–Trinajstić information content (AvgIpc) is 2.99. The van der Waals surface area contributed by atoms with Gasteiger partial charge in [0.2, 0.25) is 0 Å². The summed E-state index contributed by atoms with van der Waals surface area (Å²) in [5, 5.41) is 1.22. The van der Waals surface area contributed by atoms with Crippen molar-refractivity contribution in [2.45, 2.75) is 54.7 Å². The first kappa shape index (κ1) is 19.4. The van der Waals surface area contributed by atoms with Gasteiger partial charge in [-0.2, -0.15) is 0 Å². The quantitative estimate of drug-likeness (QED) is 0.509. The summed E-state index contributed by atoms with van der Waals surface area (Å²) in [7, 11) is 0.406. The molecular weight excluding hydrogens is 437 g/mol. The minimum absolute atomic E-state index is 0.0857. The van der Waals surface area contributed by atoms with E-state index in [0.717, 1.165) is 25.7 Å². The predicted octanol–water partition coefficient (Wildman–Crippen LogP) is 4.79. The number of aromatic nitrogens is 1. The summed E-state index contributed by atoms with van der Waals surface area (Å²) in [4.78, 5) is 14.7. The van der Waals surface area contributed by atoms with Crippen molar-refractivity contribution in [1.29, 1.82) is 0 Å². The molecule has 2 aliphatic rings. The fourth-order valence-electron chi connectivity index (χ4n) is 5.84. The van der Waals surface area contributed by atoms with Gasteiger partial charge in [-0.15, -0.1) is 0 Å². The second-order valence-electron chi connectivity index (χ2n) is 9.90. The number of benzene rings is 2. The Bertz CT molecular complexity index is 1110. The van der Waals surface area contributed by atoms with E-state index < -0.39 is 8.07 Å². The Kier molecular flexibility index (Phi) is 4.30. The zero-order valence-electron chi connectivity index (χ0n) is 17.8. The van der Waals surface area contributed by atoms with Crippen LogP contribution in [0.4, 0.5) is 0 Å². The number of nitrogens with zero attached hydrogens (tertiary/aromatic N) is 1. The molecule has 0 amide bonds. The topological polar surface area (TPSA) is 22.0 Å². The van der Waals surface area contributed by atoms with E-state index in [4.69, 9.17) is 0 Å². The average molecular weight is 467 g/mol. The molecule has 29 heavy (non-hydrogen) atoms. The molecule has 0 unspecified atom stereocenters. The van der Waals surface area contributed by atoms with E-state index in [-0.39, 0.29) is 24.3 Å². The molecule has 2 aliphatic carbocycles. The second kappa shape index (κ2) is 6.44. The van der Waals surface area contributed by atoms with Gasteiger partial charge < -0.3 is 0 Å². The van der Waals surface area contributed by atoms with Crippen LogP contribution < -0.4 is 4.46 Å². The zero-order valence-corrected chi connectivity index (χ0v) is 20.5. The number of rotatable bonds is 3. The molecular formula is C25H29NOSeSi. The van der Waals surface area contributed by atoms with Gasteiger partial charge in [-0.25, -0.2) is 0 Å². The van der Waals surface area contributed by atoms with Crippen molar-refractivity contribution in [3.8, 4) is 0 Å². The molecule has 0 radical (unpaired) electrons. The Labute approximate surface area is 180 Å². The molecule has 2 aromatic carbocycles. The van der Waals surface area contributed by atoms with Gasteiger partial charge in [0.1, 0.15) is 0 Å². The van der Waals surface area contributed by atoms with E-state index in [1.807, 2.05) is 0 Å². The van der Waals surface area contributed by atoms with E-state index >= 15 is 0 Å². The van der Waals surface area contributed by atoms with Gasteiger partial charge in [-0.3, -0.25) is 0 Å². The summed E-state index contributed by atoms with van der Waals surface area (Å²) in [6, 6.07) is 17.5. The molecule has 5 rings (SSSR count). The Morgan fingerprint density at radius 3 is 2.48 bits per heavy atom. The maximum absolute atomic E-state index is 14.7. The predicted molar refractivity (Wildman–Crippen MR) is 125 cm³/mol. The van der Waals surface area contributed by atoms with Crippen LogP contribution in [0.1, 0.15) is 30.4 Å². The fraction of sp³-hybridized carbons (Fsp3) is 0.400. The Hall–Kier alpha value is -1.61. The third-order valence-electron chi connectivity index (χ3n) is 7.43. The number of carbonyl (C=O) groups excluding carboxylic acids is 1. The van der Waals surface area contributed by atoms with E-state index in [0.29, 0.717) is 5.78 Å². The molecule has 1 fully saturated rings. The molecule has 0 spiro atoms. The summed E-state index contributed by atoms with van der Waals surface area (Å²) in [6.07, 6.45) is 6.48. The minimum atomic E-state index is -1.75. The van der Waals surface area contributed by atoms with E-state index in [1.165, 1.54) is 26.5 Å². The summed E-state index contributed by atoms with van der Waals surface area (Å²) in [6.45, 7) is 7.27. The van der Waals surface area contributed by atoms with Crippen LogP contribution in [-0.2, 0) is 22.6 Å². The summed E-state index contributed by atoms with van der Waals surface area (Å²) < 4.78 is 3.29. The molecule has 1 aromatic heterocycles. The van der Waals surface area contributed by atoms with Crippen molar-refractivity contribution < 1.29 is 4.79 Å². The summed E-state index contributed by atoms with van der Waals surface area (Å²) in [5.41, 5.74) is 4.01. The molecule has 150 valence electrons. The molecule has 2 atom stereocenters. The number of hydrogen-bond donors (Lipinski definition) is 0. The monoisotopic (exact) mass is 467 g/mol. The van der Waals surface area contributed by atoms with Crippen LogP contribution in [0.15, 0.2) is 54.7 Å². The molecule has 2 nitrogen and oxygen atoms in total. The van der Waals surface area contributed by atoms with Gasteiger partial charge >= 0.3 is 181 Å². The standard InChI is InChI=1S/C25H29NOSeSi/c1-26-17-18-16-24(29(2,3)4)14-9-15-25(23(24)27,28-19-10-6-5-7-11-19)20-12-8-13-21(26)22(18)20/h5-8,10-13,17H,9,14-16H2,1-4H3/t24-,25+/m0/s1. The summed E-state index contributed by atoms with van der Waals surface area (Å²) >= 11 is 0.0857. The van der Waals surface area contributed by atoms with Crippen LogP contribution in [0.3, 0.4) is 0 Å². The molecule has 4 heteroatoms. The van der Waals surface area contributed by atoms with Gasteiger partial charge in [0.25, 0.3) is 0 Å². The van der Waals surface area contributed by atoms with Crippen LogP contribution in [0.2, 0.25) is 24.7 Å². The number of carbonyl (C=O) groups is 1. The van der Waals surface area contributed by atoms with Crippen molar-refractivity contribution in [2.24, 2.45) is 7.05 Å². The molecule has 1 saturated carbocycles. The van der Waals surface area contributed by atoms with Crippen molar-refractivity contribution in [1.82, 2.24) is 4.57 Å². The molecule has 0 aliphatic heterocycles. The van der Waals surface area contributed by atoms with Crippen LogP contribution >= 0.6 is 0 Å². The maximum atomic E-state index is 14.7. The molecule has 2 bridgehead atoms. The number of Topliss-reactive ketones (excluding diaryl/α,β-unsaturated/α-hetero) is 1. The van der Waals surface area contributed by atoms with Gasteiger partial charge in [0, 0.05) is 0 Å².